The summed E-state index contributed by atoms with van der Waals surface area (Å²) in [6, 6.07) is 0.0974. The van der Waals surface area contributed by atoms with E-state index >= 15 is 0 Å². The predicted octanol–water partition coefficient (Wildman–Crippen LogP) is 0.399. The van der Waals surface area contributed by atoms with Crippen LogP contribution >= 0.6 is 0 Å². The van der Waals surface area contributed by atoms with E-state index in [0.29, 0.717) is 13.0 Å². The summed E-state index contributed by atoms with van der Waals surface area (Å²) in [5, 5.41) is 36.8. The number of rotatable bonds is 4. The number of piperidine rings is 1. The lowest BCUT2D eigenvalue weighted by Gasteiger charge is -2.70. The Hall–Kier alpha value is -0.280. The van der Waals surface area contributed by atoms with Crippen molar-refractivity contribution < 1.29 is 29.5 Å². The first kappa shape index (κ1) is 20.3. The summed E-state index contributed by atoms with van der Waals surface area (Å²) in [6.45, 7) is 3.62. The number of aliphatic hydroxyl groups is 3. The maximum Gasteiger partial charge on any atom is 0.124 e. The van der Waals surface area contributed by atoms with Crippen molar-refractivity contribution in [3.05, 3.63) is 0 Å². The number of ether oxygens (including phenoxy) is 3. The Morgan fingerprint density at radius 2 is 1.77 bits per heavy atom. The Balaban J connectivity index is 1.63. The van der Waals surface area contributed by atoms with Crippen LogP contribution in [0.15, 0.2) is 0 Å². The number of likely N-dealkylation sites (N-methyl/N-ethyl adjacent to an activating group) is 1. The van der Waals surface area contributed by atoms with E-state index in [1.54, 1.807) is 21.3 Å². The van der Waals surface area contributed by atoms with Crippen molar-refractivity contribution in [2.45, 2.75) is 80.2 Å². The Bertz CT molecular complexity index is 751. The molecule has 1 spiro atoms. The monoisotopic (exact) mass is 423 g/mol. The van der Waals surface area contributed by atoms with Gasteiger partial charge in [-0.3, -0.25) is 4.90 Å². The molecule has 0 aromatic rings. The van der Waals surface area contributed by atoms with Crippen molar-refractivity contribution >= 4 is 0 Å². The van der Waals surface area contributed by atoms with Gasteiger partial charge in [-0.2, -0.15) is 0 Å². The molecule has 6 fully saturated rings. The van der Waals surface area contributed by atoms with Crippen LogP contribution in [-0.2, 0) is 14.2 Å². The van der Waals surface area contributed by atoms with Crippen LogP contribution in [0, 0.1) is 29.1 Å². The van der Waals surface area contributed by atoms with E-state index in [1.807, 2.05) is 0 Å². The summed E-state index contributed by atoms with van der Waals surface area (Å²) in [5.74, 6) is -0.262. The molecule has 0 radical (unpaired) electrons. The predicted molar refractivity (Wildman–Crippen MR) is 108 cm³/mol. The van der Waals surface area contributed by atoms with Gasteiger partial charge in [0.1, 0.15) is 11.2 Å². The molecule has 0 amide bonds. The van der Waals surface area contributed by atoms with Gasteiger partial charge in [-0.1, -0.05) is 6.92 Å². The van der Waals surface area contributed by atoms with Crippen molar-refractivity contribution in [3.8, 4) is 0 Å². The fourth-order valence-electron chi connectivity index (χ4n) is 10.3. The van der Waals surface area contributed by atoms with Gasteiger partial charge < -0.3 is 29.5 Å². The minimum atomic E-state index is -1.34. The molecule has 1 aliphatic heterocycles. The standard InChI is InChI=1S/C23H37NO6/c1-5-24-11-20(25)7-6-17(29-3)22-15(20)9-13(18(22)24)21(26)10-14(28-2)12-8-16(22)23(21,27)19(12)30-4/h12-19,25-27H,5-11H2,1-4H3/t12-,13+,14+,15-,16+,17+,18-,19+,20-,21+,22+,23+/m1/s1. The van der Waals surface area contributed by atoms with Crippen LogP contribution in [-0.4, -0.2) is 95.8 Å². The van der Waals surface area contributed by atoms with Crippen LogP contribution in [0.25, 0.3) is 0 Å². The Labute approximate surface area is 178 Å². The highest BCUT2D eigenvalue weighted by Crippen LogP contribution is 2.78. The normalized spacial score (nSPS) is 63.3. The molecule has 12 atom stereocenters. The van der Waals surface area contributed by atoms with Gasteiger partial charge in [-0.15, -0.1) is 0 Å². The largest absolute Gasteiger partial charge is 0.388 e. The summed E-state index contributed by atoms with van der Waals surface area (Å²) in [5.41, 5.74) is -3.81. The van der Waals surface area contributed by atoms with E-state index in [2.05, 4.69) is 11.8 Å². The van der Waals surface area contributed by atoms with Crippen LogP contribution in [0.3, 0.4) is 0 Å². The van der Waals surface area contributed by atoms with Gasteiger partial charge >= 0.3 is 0 Å². The molecule has 1 saturated heterocycles. The van der Waals surface area contributed by atoms with Crippen molar-refractivity contribution in [1.82, 2.24) is 4.90 Å². The lowest BCUT2D eigenvalue weighted by molar-refractivity contribution is -0.338. The third-order valence-corrected chi connectivity index (χ3v) is 10.9. The first-order valence-corrected chi connectivity index (χ1v) is 11.8. The highest BCUT2D eigenvalue weighted by molar-refractivity contribution is 5.38. The van der Waals surface area contributed by atoms with Gasteiger partial charge in [-0.05, 0) is 38.1 Å². The molecule has 0 unspecified atom stereocenters. The third kappa shape index (κ3) is 1.80. The molecule has 3 N–H and O–H groups in total. The molecule has 1 heterocycles. The van der Waals surface area contributed by atoms with Gasteiger partial charge in [0, 0.05) is 63.5 Å². The van der Waals surface area contributed by atoms with Crippen LogP contribution in [0.2, 0.25) is 0 Å². The fourth-order valence-corrected chi connectivity index (χ4v) is 10.3. The molecule has 7 heteroatoms. The number of likely N-dealkylation sites (tertiary alicyclic amines) is 1. The zero-order valence-corrected chi connectivity index (χ0v) is 18.6. The highest BCUT2D eigenvalue weighted by atomic mass is 16.5. The summed E-state index contributed by atoms with van der Waals surface area (Å²) >= 11 is 0. The maximum absolute atomic E-state index is 12.4. The van der Waals surface area contributed by atoms with E-state index < -0.39 is 22.9 Å². The quantitative estimate of drug-likeness (QED) is 0.603. The van der Waals surface area contributed by atoms with Crippen LogP contribution in [0.4, 0.5) is 0 Å². The van der Waals surface area contributed by atoms with E-state index in [-0.39, 0.29) is 47.3 Å². The minimum Gasteiger partial charge on any atom is -0.388 e. The maximum atomic E-state index is 12.4. The van der Waals surface area contributed by atoms with E-state index in [0.717, 1.165) is 32.2 Å². The topological polar surface area (TPSA) is 91.6 Å². The molecule has 5 aliphatic carbocycles. The average Bonchev–Trinajstić information content (AvgIpc) is 3.16. The lowest BCUT2D eigenvalue weighted by atomic mass is 9.44. The summed E-state index contributed by atoms with van der Waals surface area (Å²) in [7, 11) is 5.13. The molecule has 6 rings (SSSR count). The van der Waals surface area contributed by atoms with Gasteiger partial charge in [0.15, 0.2) is 0 Å². The SMILES string of the molecule is CCN1C[C@]2(O)CC[C@H](OC)[C@@]34[C@@H]2C[C@@H]([C@@H]13)[C@@]1(O)C[C@H](OC)[C@H]2C[C@@H]4[C@]1(O)[C@H]2OC. The number of fused-ring (bicyclic) bond motifs is 2. The third-order valence-electron chi connectivity index (χ3n) is 10.9. The van der Waals surface area contributed by atoms with Crippen LogP contribution < -0.4 is 0 Å². The van der Waals surface area contributed by atoms with Crippen molar-refractivity contribution in [2.75, 3.05) is 34.4 Å². The summed E-state index contributed by atoms with van der Waals surface area (Å²) in [4.78, 5) is 2.40. The molecular formula is C23H37NO6. The molecular weight excluding hydrogens is 386 g/mol. The van der Waals surface area contributed by atoms with Crippen molar-refractivity contribution in [2.24, 2.45) is 29.1 Å². The number of hydrogen-bond donors (Lipinski definition) is 3. The molecule has 6 aliphatic rings. The molecule has 5 saturated carbocycles. The van der Waals surface area contributed by atoms with Crippen LogP contribution in [0.1, 0.15) is 39.0 Å². The first-order valence-electron chi connectivity index (χ1n) is 11.8. The molecule has 30 heavy (non-hydrogen) atoms. The average molecular weight is 424 g/mol. The first-order chi connectivity index (χ1) is 14.3. The minimum absolute atomic E-state index is 0.0300. The van der Waals surface area contributed by atoms with E-state index in [1.165, 1.54) is 0 Å². The number of hydrogen-bond acceptors (Lipinski definition) is 7. The number of methoxy groups -OCH3 is 3. The van der Waals surface area contributed by atoms with Gasteiger partial charge in [0.2, 0.25) is 0 Å². The fraction of sp³-hybridized carbons (Fsp3) is 1.00. The number of β-amino-alcohol motifs (C(OH)–C–C–N with tert-alkyl or cyclic N) is 1. The Morgan fingerprint density at radius 3 is 2.40 bits per heavy atom. The van der Waals surface area contributed by atoms with E-state index in [4.69, 9.17) is 14.2 Å². The molecule has 0 aromatic heterocycles. The molecule has 7 bridgehead atoms. The second-order valence-corrected chi connectivity index (χ2v) is 11.1. The second kappa shape index (κ2) is 5.99. The lowest BCUT2D eigenvalue weighted by Crippen LogP contribution is -2.83. The zero-order valence-electron chi connectivity index (χ0n) is 18.6. The zero-order chi connectivity index (χ0) is 21.3. The smallest absolute Gasteiger partial charge is 0.124 e. The summed E-state index contributed by atoms with van der Waals surface area (Å²) in [6.07, 6.45) is 2.77. The van der Waals surface area contributed by atoms with Gasteiger partial charge in [0.05, 0.1) is 23.9 Å². The summed E-state index contributed by atoms with van der Waals surface area (Å²) < 4.78 is 18.0. The molecule has 170 valence electrons. The molecule has 7 nitrogen and oxygen atoms in total. The molecule has 0 aromatic carbocycles. The van der Waals surface area contributed by atoms with Gasteiger partial charge in [0.25, 0.3) is 0 Å². The second-order valence-electron chi connectivity index (χ2n) is 11.1. The van der Waals surface area contributed by atoms with Crippen molar-refractivity contribution in [3.63, 3.8) is 0 Å². The van der Waals surface area contributed by atoms with Gasteiger partial charge in [-0.25, -0.2) is 0 Å². The van der Waals surface area contributed by atoms with Crippen LogP contribution in [0.5, 0.6) is 0 Å². The van der Waals surface area contributed by atoms with E-state index in [9.17, 15) is 15.3 Å². The highest BCUT2D eigenvalue weighted by Gasteiger charge is 2.88. The van der Waals surface area contributed by atoms with Crippen molar-refractivity contribution in [1.29, 1.82) is 0 Å². The Morgan fingerprint density at radius 1 is 1.00 bits per heavy atom. The Kier molecular flexibility index (Phi) is 4.06. The number of nitrogens with zero attached hydrogens (tertiary/aromatic N) is 1.